The van der Waals surface area contributed by atoms with E-state index >= 15 is 0 Å². The molecule has 1 heterocycles. The smallest absolute Gasteiger partial charge is 0.323 e. The third kappa shape index (κ3) is 8.03. The normalized spacial score (nSPS) is 23.4. The van der Waals surface area contributed by atoms with Crippen LogP contribution in [0.2, 0.25) is 0 Å². The van der Waals surface area contributed by atoms with E-state index in [-0.39, 0.29) is 36.9 Å². The molecule has 0 aromatic heterocycles. The molecule has 2 aliphatic rings. The number of carbonyl (C=O) groups excluding carboxylic acids is 3. The molecule has 7 N–H and O–H groups in total. The van der Waals surface area contributed by atoms with Gasteiger partial charge in [0.1, 0.15) is 12.1 Å². The zero-order valence-electron chi connectivity index (χ0n) is 19.2. The lowest BCUT2D eigenvalue weighted by atomic mass is 9.89. The van der Waals surface area contributed by atoms with E-state index in [0.29, 0.717) is 39.0 Å². The number of benzene rings is 1. The highest BCUT2D eigenvalue weighted by Gasteiger charge is 2.31. The van der Waals surface area contributed by atoms with Crippen molar-refractivity contribution in [2.24, 2.45) is 5.73 Å². The maximum absolute atomic E-state index is 12.7. The molecule has 5 atom stereocenters. The zero-order chi connectivity index (χ0) is 24.3. The van der Waals surface area contributed by atoms with Crippen LogP contribution >= 0.6 is 0 Å². The average Bonchev–Trinajstić information content (AvgIpc) is 3.38. The van der Waals surface area contributed by atoms with E-state index in [9.17, 15) is 19.5 Å². The van der Waals surface area contributed by atoms with E-state index in [4.69, 9.17) is 15.3 Å². The predicted octanol–water partition coefficient (Wildman–Crippen LogP) is -1.50. The molecule has 1 aromatic rings. The molecule has 2 amide bonds. The van der Waals surface area contributed by atoms with Gasteiger partial charge in [-0.3, -0.25) is 14.4 Å². The SMILES string of the molecule is N[C@@H](CCOC(=O)[C@H](Cc1ccccc1)NCCNC(=O)[C@@H]1CCON1)C(=O)NC1CCC1O. The topological polar surface area (TPSA) is 164 Å². The minimum atomic E-state index is -0.829. The van der Waals surface area contributed by atoms with Crippen LogP contribution < -0.4 is 27.2 Å². The van der Waals surface area contributed by atoms with Crippen LogP contribution in [0.4, 0.5) is 0 Å². The van der Waals surface area contributed by atoms with Gasteiger partial charge in [-0.2, -0.15) is 5.48 Å². The Hall–Kier alpha value is -2.57. The molecule has 0 spiro atoms. The van der Waals surface area contributed by atoms with Gasteiger partial charge in [0.25, 0.3) is 0 Å². The average molecular weight is 478 g/mol. The standard InChI is InChI=1S/C23H35N5O6/c24-16(21(30)27-17-6-7-20(17)29)8-12-33-23(32)19(14-15-4-2-1-3-5-15)25-10-11-26-22(31)18-9-13-34-28-18/h1-5,16-20,25,28-29H,6-14,24H2,(H,26,31)(H,27,30)/t16-,17?,18-,19-,20?/m0/s1. The quantitative estimate of drug-likeness (QED) is 0.146. The summed E-state index contributed by atoms with van der Waals surface area (Å²) in [4.78, 5) is 41.9. The van der Waals surface area contributed by atoms with Gasteiger partial charge < -0.3 is 36.4 Å². The first kappa shape index (κ1) is 26.0. The molecule has 11 heteroatoms. The number of rotatable bonds is 13. The summed E-state index contributed by atoms with van der Waals surface area (Å²) in [6.45, 7) is 1.21. The number of ether oxygens (including phenoxy) is 1. The van der Waals surface area contributed by atoms with Crippen molar-refractivity contribution in [3.05, 3.63) is 35.9 Å². The number of nitrogens with two attached hydrogens (primary N) is 1. The molecule has 188 valence electrons. The van der Waals surface area contributed by atoms with Gasteiger partial charge in [0.2, 0.25) is 11.8 Å². The van der Waals surface area contributed by atoms with Crippen molar-refractivity contribution >= 4 is 17.8 Å². The number of nitrogens with one attached hydrogen (secondary N) is 4. The van der Waals surface area contributed by atoms with Crippen LogP contribution in [0.1, 0.15) is 31.2 Å². The summed E-state index contributed by atoms with van der Waals surface area (Å²) in [6.07, 6.45) is 2.08. The number of hydrogen-bond acceptors (Lipinski definition) is 9. The fourth-order valence-electron chi connectivity index (χ4n) is 3.68. The number of hydrogen-bond donors (Lipinski definition) is 6. The number of aliphatic hydroxyl groups is 1. The first-order valence-electron chi connectivity index (χ1n) is 11.8. The van der Waals surface area contributed by atoms with Crippen molar-refractivity contribution < 1.29 is 29.1 Å². The number of aliphatic hydroxyl groups excluding tert-OH is 1. The van der Waals surface area contributed by atoms with E-state index in [1.807, 2.05) is 30.3 Å². The van der Waals surface area contributed by atoms with Crippen molar-refractivity contribution in [2.75, 3.05) is 26.3 Å². The minimum Gasteiger partial charge on any atom is -0.464 e. The summed E-state index contributed by atoms with van der Waals surface area (Å²) in [5, 5.41) is 18.2. The number of carbonyl (C=O) groups is 3. The van der Waals surface area contributed by atoms with Crippen LogP contribution in [-0.4, -0.2) is 79.5 Å². The van der Waals surface area contributed by atoms with Crippen molar-refractivity contribution in [3.8, 4) is 0 Å². The molecule has 34 heavy (non-hydrogen) atoms. The molecule has 2 unspecified atom stereocenters. The molecule has 1 saturated heterocycles. The maximum Gasteiger partial charge on any atom is 0.323 e. The lowest BCUT2D eigenvalue weighted by Crippen LogP contribution is -2.54. The Bertz CT molecular complexity index is 804. The number of amides is 2. The summed E-state index contributed by atoms with van der Waals surface area (Å²) < 4.78 is 5.40. The van der Waals surface area contributed by atoms with Crippen LogP contribution in [0.3, 0.4) is 0 Å². The second-order valence-electron chi connectivity index (χ2n) is 8.62. The van der Waals surface area contributed by atoms with Gasteiger partial charge in [0, 0.05) is 19.5 Å². The molecule has 11 nitrogen and oxygen atoms in total. The van der Waals surface area contributed by atoms with Gasteiger partial charge in [-0.15, -0.1) is 0 Å². The largest absolute Gasteiger partial charge is 0.464 e. The van der Waals surface area contributed by atoms with Gasteiger partial charge in [-0.05, 0) is 31.2 Å². The third-order valence-corrected chi connectivity index (χ3v) is 6.01. The highest BCUT2D eigenvalue weighted by Crippen LogP contribution is 2.19. The van der Waals surface area contributed by atoms with Crippen molar-refractivity contribution in [2.45, 2.75) is 62.4 Å². The Morgan fingerprint density at radius 3 is 2.62 bits per heavy atom. The van der Waals surface area contributed by atoms with Crippen LogP contribution in [0.25, 0.3) is 0 Å². The zero-order valence-corrected chi connectivity index (χ0v) is 19.2. The van der Waals surface area contributed by atoms with E-state index in [1.54, 1.807) is 0 Å². The molecule has 1 aromatic carbocycles. The summed E-state index contributed by atoms with van der Waals surface area (Å²) in [5.41, 5.74) is 9.52. The van der Waals surface area contributed by atoms with Gasteiger partial charge in [-0.1, -0.05) is 30.3 Å². The maximum atomic E-state index is 12.7. The summed E-state index contributed by atoms with van der Waals surface area (Å²) in [5.74, 6) is -0.970. The van der Waals surface area contributed by atoms with Crippen LogP contribution in [0.5, 0.6) is 0 Å². The first-order chi connectivity index (χ1) is 16.4. The van der Waals surface area contributed by atoms with Gasteiger partial charge in [-0.25, -0.2) is 0 Å². The van der Waals surface area contributed by atoms with E-state index in [1.165, 1.54) is 0 Å². The molecule has 1 aliphatic carbocycles. The van der Waals surface area contributed by atoms with E-state index in [2.05, 4.69) is 21.4 Å². The summed E-state index contributed by atoms with van der Waals surface area (Å²) in [6, 6.07) is 7.46. The Labute approximate surface area is 199 Å². The minimum absolute atomic E-state index is 0.00229. The fraction of sp³-hybridized carbons (Fsp3) is 0.609. The molecule has 0 bridgehead atoms. The molecule has 1 saturated carbocycles. The predicted molar refractivity (Wildman–Crippen MR) is 123 cm³/mol. The van der Waals surface area contributed by atoms with Gasteiger partial charge >= 0.3 is 5.97 Å². The number of esters is 1. The van der Waals surface area contributed by atoms with Crippen molar-refractivity contribution in [1.82, 2.24) is 21.4 Å². The molecule has 3 rings (SSSR count). The molecule has 2 fully saturated rings. The van der Waals surface area contributed by atoms with E-state index in [0.717, 1.165) is 12.0 Å². The Morgan fingerprint density at radius 1 is 1.18 bits per heavy atom. The molecule has 0 radical (unpaired) electrons. The third-order valence-electron chi connectivity index (χ3n) is 6.01. The molecule has 1 aliphatic heterocycles. The van der Waals surface area contributed by atoms with Crippen molar-refractivity contribution in [1.29, 1.82) is 0 Å². The molecular formula is C23H35N5O6. The summed E-state index contributed by atoms with van der Waals surface area (Å²) >= 11 is 0. The summed E-state index contributed by atoms with van der Waals surface area (Å²) in [7, 11) is 0. The second kappa shape index (κ2) is 13.4. The highest BCUT2D eigenvalue weighted by molar-refractivity contribution is 5.82. The second-order valence-corrected chi connectivity index (χ2v) is 8.62. The van der Waals surface area contributed by atoms with Crippen LogP contribution in [0, 0.1) is 0 Å². The van der Waals surface area contributed by atoms with Crippen LogP contribution in [0.15, 0.2) is 30.3 Å². The first-order valence-corrected chi connectivity index (χ1v) is 11.8. The van der Waals surface area contributed by atoms with Gasteiger partial charge in [0.05, 0.1) is 31.4 Å². The lowest BCUT2D eigenvalue weighted by molar-refractivity contribution is -0.146. The van der Waals surface area contributed by atoms with Crippen LogP contribution in [-0.2, 0) is 30.4 Å². The monoisotopic (exact) mass is 477 g/mol. The van der Waals surface area contributed by atoms with Crippen molar-refractivity contribution in [3.63, 3.8) is 0 Å². The van der Waals surface area contributed by atoms with E-state index < -0.39 is 24.2 Å². The Morgan fingerprint density at radius 2 is 1.97 bits per heavy atom. The number of hydroxylamine groups is 1. The fourth-order valence-corrected chi connectivity index (χ4v) is 3.68. The Balaban J connectivity index is 1.42. The Kier molecular flexibility index (Phi) is 10.2. The molecular weight excluding hydrogens is 442 g/mol. The lowest BCUT2D eigenvalue weighted by Gasteiger charge is -2.33. The highest BCUT2D eigenvalue weighted by atomic mass is 16.7. The van der Waals surface area contributed by atoms with Gasteiger partial charge in [0.15, 0.2) is 0 Å².